The van der Waals surface area contributed by atoms with Crippen LogP contribution in [0.5, 0.6) is 0 Å². The lowest BCUT2D eigenvalue weighted by Gasteiger charge is -2.41. The summed E-state index contributed by atoms with van der Waals surface area (Å²) in [5.41, 5.74) is -0.461. The Morgan fingerprint density at radius 3 is 2.67 bits per heavy atom. The van der Waals surface area contributed by atoms with E-state index in [1.54, 1.807) is 4.90 Å². The van der Waals surface area contributed by atoms with Gasteiger partial charge in [-0.1, -0.05) is 12.8 Å². The van der Waals surface area contributed by atoms with Crippen LogP contribution in [-0.2, 0) is 14.4 Å². The van der Waals surface area contributed by atoms with Gasteiger partial charge in [0.25, 0.3) is 0 Å². The molecule has 1 aliphatic carbocycles. The Balaban J connectivity index is 1.45. The average molecular weight is 416 g/mol. The van der Waals surface area contributed by atoms with Gasteiger partial charge in [-0.3, -0.25) is 19.3 Å². The highest BCUT2D eigenvalue weighted by Crippen LogP contribution is 2.40. The Hall–Kier alpha value is -2.14. The first kappa shape index (κ1) is 21.1. The van der Waals surface area contributed by atoms with Gasteiger partial charge in [0.05, 0.1) is 6.07 Å². The number of nitrogens with zero attached hydrogens (tertiary/aromatic N) is 3. The second kappa shape index (κ2) is 8.54. The zero-order chi connectivity index (χ0) is 21.3. The summed E-state index contributed by atoms with van der Waals surface area (Å²) in [5, 5.41) is 15.2. The third kappa shape index (κ3) is 4.04. The van der Waals surface area contributed by atoms with E-state index < -0.39 is 17.6 Å². The van der Waals surface area contributed by atoms with Gasteiger partial charge < -0.3 is 15.5 Å². The molecule has 1 saturated carbocycles. The predicted octanol–water partition coefficient (Wildman–Crippen LogP) is 0.776. The topological polar surface area (TPSA) is 106 Å². The second-order valence-electron chi connectivity index (χ2n) is 9.56. The Morgan fingerprint density at radius 1 is 1.23 bits per heavy atom. The number of hydrogen-bond donors (Lipinski definition) is 2. The van der Waals surface area contributed by atoms with Crippen molar-refractivity contribution in [2.24, 2.45) is 11.8 Å². The molecule has 164 valence electrons. The molecule has 3 heterocycles. The average Bonchev–Trinajstić information content (AvgIpc) is 3.39. The lowest BCUT2D eigenvalue weighted by Crippen LogP contribution is -2.58. The van der Waals surface area contributed by atoms with Crippen LogP contribution in [0.4, 0.5) is 0 Å². The number of hydrogen-bond acceptors (Lipinski definition) is 5. The molecule has 0 aromatic heterocycles. The first-order valence-electron chi connectivity index (χ1n) is 11.4. The zero-order valence-electron chi connectivity index (χ0n) is 17.9. The number of nitriles is 1. The molecule has 4 unspecified atom stereocenters. The molecule has 8 heteroatoms. The van der Waals surface area contributed by atoms with Crippen molar-refractivity contribution in [3.05, 3.63) is 0 Å². The van der Waals surface area contributed by atoms with Crippen molar-refractivity contribution >= 4 is 17.7 Å². The van der Waals surface area contributed by atoms with E-state index in [-0.39, 0.29) is 23.6 Å². The van der Waals surface area contributed by atoms with E-state index in [0.29, 0.717) is 38.3 Å². The second-order valence-corrected chi connectivity index (χ2v) is 9.56. The molecule has 4 rings (SSSR count). The largest absolute Gasteiger partial charge is 0.356 e. The number of likely N-dealkylation sites (tertiary alicyclic amines) is 2. The van der Waals surface area contributed by atoms with Crippen LogP contribution in [0.1, 0.15) is 57.8 Å². The first-order chi connectivity index (χ1) is 14.4. The van der Waals surface area contributed by atoms with Gasteiger partial charge in [-0.15, -0.1) is 0 Å². The summed E-state index contributed by atoms with van der Waals surface area (Å²) in [6.45, 7) is 2.13. The molecule has 0 bridgehead atoms. The molecule has 30 heavy (non-hydrogen) atoms. The SMILES string of the molecule is CN1CCCCC12CCN(C(CC1CC1)C(=O)NC(C#N)CC1CCNC1=O)C2=O. The van der Waals surface area contributed by atoms with E-state index in [4.69, 9.17) is 0 Å². The maximum absolute atomic E-state index is 13.5. The summed E-state index contributed by atoms with van der Waals surface area (Å²) in [6.07, 6.45) is 7.65. The Kier molecular flexibility index (Phi) is 6.01. The third-order valence-electron chi connectivity index (χ3n) is 7.58. The highest BCUT2D eigenvalue weighted by atomic mass is 16.2. The summed E-state index contributed by atoms with van der Waals surface area (Å²) in [7, 11) is 2.02. The highest BCUT2D eigenvalue weighted by Gasteiger charge is 2.53. The van der Waals surface area contributed by atoms with Crippen LogP contribution in [0.3, 0.4) is 0 Å². The minimum atomic E-state index is -0.711. The number of piperidine rings is 1. The monoisotopic (exact) mass is 415 g/mol. The van der Waals surface area contributed by atoms with Crippen molar-refractivity contribution in [2.75, 3.05) is 26.7 Å². The minimum Gasteiger partial charge on any atom is -0.356 e. The summed E-state index contributed by atoms with van der Waals surface area (Å²) < 4.78 is 0. The maximum Gasteiger partial charge on any atom is 0.243 e. The Labute approximate surface area is 178 Å². The third-order valence-corrected chi connectivity index (χ3v) is 7.58. The van der Waals surface area contributed by atoms with E-state index in [9.17, 15) is 19.6 Å². The Bertz CT molecular complexity index is 746. The quantitative estimate of drug-likeness (QED) is 0.639. The van der Waals surface area contributed by atoms with Crippen molar-refractivity contribution in [1.29, 1.82) is 5.26 Å². The fourth-order valence-corrected chi connectivity index (χ4v) is 5.45. The summed E-state index contributed by atoms with van der Waals surface area (Å²) in [5.74, 6) is 0.0423. The van der Waals surface area contributed by atoms with Crippen LogP contribution in [0, 0.1) is 23.2 Å². The molecule has 1 spiro atoms. The van der Waals surface area contributed by atoms with Gasteiger partial charge in [-0.05, 0) is 64.5 Å². The van der Waals surface area contributed by atoms with Crippen LogP contribution < -0.4 is 10.6 Å². The van der Waals surface area contributed by atoms with E-state index in [1.165, 1.54) is 0 Å². The van der Waals surface area contributed by atoms with E-state index in [0.717, 1.165) is 45.1 Å². The molecule has 4 aliphatic rings. The van der Waals surface area contributed by atoms with Crippen LogP contribution in [-0.4, -0.2) is 71.8 Å². The number of amides is 3. The fraction of sp³-hybridized carbons (Fsp3) is 0.818. The molecule has 4 atom stereocenters. The lowest BCUT2D eigenvalue weighted by atomic mass is 9.85. The van der Waals surface area contributed by atoms with Crippen molar-refractivity contribution in [1.82, 2.24) is 20.4 Å². The van der Waals surface area contributed by atoms with Crippen molar-refractivity contribution in [2.45, 2.75) is 75.4 Å². The number of nitrogens with one attached hydrogen (secondary N) is 2. The molecule has 0 aromatic rings. The normalized spacial score (nSPS) is 31.5. The minimum absolute atomic E-state index is 0.0453. The molecule has 2 N–H and O–H groups in total. The molecular weight excluding hydrogens is 382 g/mol. The van der Waals surface area contributed by atoms with Crippen molar-refractivity contribution < 1.29 is 14.4 Å². The van der Waals surface area contributed by atoms with Gasteiger partial charge >= 0.3 is 0 Å². The Morgan fingerprint density at radius 2 is 2.03 bits per heavy atom. The molecule has 3 aliphatic heterocycles. The number of carbonyl (C=O) groups is 3. The van der Waals surface area contributed by atoms with Gasteiger partial charge in [-0.2, -0.15) is 5.26 Å². The number of rotatable bonds is 7. The molecule has 4 fully saturated rings. The fourth-order valence-electron chi connectivity index (χ4n) is 5.45. The van der Waals surface area contributed by atoms with Gasteiger partial charge in [-0.25, -0.2) is 0 Å². The van der Waals surface area contributed by atoms with Crippen LogP contribution in [0.15, 0.2) is 0 Å². The standard InChI is InChI=1S/C22H33N5O3/c1-26-10-3-2-7-22(26)8-11-27(21(22)30)18(12-15-4-5-15)20(29)25-17(14-23)13-16-6-9-24-19(16)28/h15-18H,2-13H2,1H3,(H,24,28)(H,25,29). The molecule has 0 radical (unpaired) electrons. The highest BCUT2D eigenvalue weighted by molar-refractivity contribution is 5.94. The van der Waals surface area contributed by atoms with Gasteiger partial charge in [0.1, 0.15) is 17.6 Å². The molecular formula is C22H33N5O3. The van der Waals surface area contributed by atoms with E-state index >= 15 is 0 Å². The van der Waals surface area contributed by atoms with Crippen molar-refractivity contribution in [3.63, 3.8) is 0 Å². The van der Waals surface area contributed by atoms with Gasteiger partial charge in [0.2, 0.25) is 17.7 Å². The lowest BCUT2D eigenvalue weighted by molar-refractivity contribution is -0.145. The van der Waals surface area contributed by atoms with E-state index in [2.05, 4.69) is 21.6 Å². The molecule has 3 amide bonds. The van der Waals surface area contributed by atoms with Gasteiger partial charge in [0.15, 0.2) is 0 Å². The number of carbonyl (C=O) groups excluding carboxylic acids is 3. The summed E-state index contributed by atoms with van der Waals surface area (Å²) >= 11 is 0. The number of likely N-dealkylation sites (N-methyl/N-ethyl adjacent to an activating group) is 1. The van der Waals surface area contributed by atoms with E-state index in [1.807, 2.05) is 7.05 Å². The molecule has 3 saturated heterocycles. The van der Waals surface area contributed by atoms with Crippen LogP contribution >= 0.6 is 0 Å². The van der Waals surface area contributed by atoms with Crippen LogP contribution in [0.2, 0.25) is 0 Å². The van der Waals surface area contributed by atoms with Crippen molar-refractivity contribution in [3.8, 4) is 6.07 Å². The summed E-state index contributed by atoms with van der Waals surface area (Å²) in [4.78, 5) is 42.6. The van der Waals surface area contributed by atoms with Crippen LogP contribution in [0.25, 0.3) is 0 Å². The molecule has 0 aromatic carbocycles. The molecule has 8 nitrogen and oxygen atoms in total. The zero-order valence-corrected chi connectivity index (χ0v) is 17.9. The predicted molar refractivity (Wildman–Crippen MR) is 110 cm³/mol. The smallest absolute Gasteiger partial charge is 0.243 e. The first-order valence-corrected chi connectivity index (χ1v) is 11.4. The maximum atomic E-state index is 13.5. The van der Waals surface area contributed by atoms with Gasteiger partial charge in [0, 0.05) is 19.0 Å². The summed E-state index contributed by atoms with van der Waals surface area (Å²) in [6, 6.07) is 0.915.